The molecule has 3 nitrogen and oxygen atoms in total. The van der Waals surface area contributed by atoms with E-state index in [-0.39, 0.29) is 6.04 Å². The molecule has 0 radical (unpaired) electrons. The molecule has 19 heavy (non-hydrogen) atoms. The molecule has 0 amide bonds. The molecule has 0 bridgehead atoms. The minimum Gasteiger partial charge on any atom is -0.207 e. The van der Waals surface area contributed by atoms with Gasteiger partial charge in [-0.3, -0.25) is 0 Å². The Morgan fingerprint density at radius 3 is 2.68 bits per heavy atom. The standard InChI is InChI=1S/C12H17Br2NO2S2/c1-8-6-11(18-12(8)14)19(16,17)15-10-5-3-2-4-9(10)7-13/h6,9-10,15H,2-5,7H2,1H3. The van der Waals surface area contributed by atoms with E-state index in [2.05, 4.69) is 36.6 Å². The van der Waals surface area contributed by atoms with E-state index < -0.39 is 10.0 Å². The van der Waals surface area contributed by atoms with Gasteiger partial charge in [0.05, 0.1) is 3.79 Å². The minimum absolute atomic E-state index is 0.0549. The van der Waals surface area contributed by atoms with Gasteiger partial charge < -0.3 is 0 Å². The van der Waals surface area contributed by atoms with E-state index in [0.717, 1.165) is 33.9 Å². The van der Waals surface area contributed by atoms with Crippen molar-refractivity contribution < 1.29 is 8.42 Å². The SMILES string of the molecule is Cc1cc(S(=O)(=O)NC2CCCCC2CBr)sc1Br. The van der Waals surface area contributed by atoms with Crippen LogP contribution in [0.2, 0.25) is 0 Å². The lowest BCUT2D eigenvalue weighted by molar-refractivity contribution is 0.317. The van der Waals surface area contributed by atoms with Gasteiger partial charge in [0, 0.05) is 11.4 Å². The first-order chi connectivity index (χ1) is 8.94. The maximum atomic E-state index is 12.4. The second-order valence-corrected chi connectivity index (χ2v) is 9.91. The minimum atomic E-state index is -3.39. The van der Waals surface area contributed by atoms with E-state index in [1.807, 2.05) is 6.92 Å². The molecule has 2 rings (SSSR count). The fourth-order valence-corrected chi connectivity index (χ4v) is 6.73. The lowest BCUT2D eigenvalue weighted by atomic mass is 9.87. The first-order valence-electron chi connectivity index (χ1n) is 6.28. The summed E-state index contributed by atoms with van der Waals surface area (Å²) in [5, 5.41) is 0.855. The molecule has 2 unspecified atom stereocenters. The van der Waals surface area contributed by atoms with Crippen molar-refractivity contribution in [3.8, 4) is 0 Å². The van der Waals surface area contributed by atoms with Crippen LogP contribution in [-0.4, -0.2) is 19.8 Å². The summed E-state index contributed by atoms with van der Waals surface area (Å²) in [6.45, 7) is 1.90. The van der Waals surface area contributed by atoms with Crippen molar-refractivity contribution in [3.63, 3.8) is 0 Å². The van der Waals surface area contributed by atoms with Gasteiger partial charge in [0.2, 0.25) is 10.0 Å². The zero-order valence-electron chi connectivity index (χ0n) is 10.7. The van der Waals surface area contributed by atoms with E-state index in [9.17, 15) is 8.42 Å². The number of thiophene rings is 1. The molecule has 1 aliphatic rings. The molecule has 1 heterocycles. The highest BCUT2D eigenvalue weighted by molar-refractivity contribution is 9.11. The first-order valence-corrected chi connectivity index (χ1v) is 10.5. The van der Waals surface area contributed by atoms with Crippen LogP contribution in [0.4, 0.5) is 0 Å². The summed E-state index contributed by atoms with van der Waals surface area (Å²) in [6.07, 6.45) is 4.31. The summed E-state index contributed by atoms with van der Waals surface area (Å²) in [5.41, 5.74) is 0.964. The van der Waals surface area contributed by atoms with Crippen molar-refractivity contribution in [2.45, 2.75) is 42.9 Å². The summed E-state index contributed by atoms with van der Waals surface area (Å²) in [6, 6.07) is 1.78. The Hall–Kier alpha value is 0.570. The predicted molar refractivity (Wildman–Crippen MR) is 86.6 cm³/mol. The number of aryl methyl sites for hydroxylation is 1. The summed E-state index contributed by atoms with van der Waals surface area (Å²) >= 11 is 8.14. The molecule has 108 valence electrons. The number of alkyl halides is 1. The van der Waals surface area contributed by atoms with Crippen LogP contribution in [0, 0.1) is 12.8 Å². The van der Waals surface area contributed by atoms with Crippen molar-refractivity contribution in [1.29, 1.82) is 0 Å². The molecule has 1 fully saturated rings. The second kappa shape index (κ2) is 6.56. The maximum Gasteiger partial charge on any atom is 0.250 e. The monoisotopic (exact) mass is 429 g/mol. The van der Waals surface area contributed by atoms with Gasteiger partial charge in [0.1, 0.15) is 4.21 Å². The zero-order chi connectivity index (χ0) is 14.0. The molecule has 1 N–H and O–H groups in total. The van der Waals surface area contributed by atoms with Crippen molar-refractivity contribution >= 4 is 53.2 Å². The van der Waals surface area contributed by atoms with Crippen LogP contribution in [0.3, 0.4) is 0 Å². The van der Waals surface area contributed by atoms with Crippen LogP contribution in [0.5, 0.6) is 0 Å². The van der Waals surface area contributed by atoms with E-state index in [1.165, 1.54) is 17.8 Å². The van der Waals surface area contributed by atoms with E-state index in [4.69, 9.17) is 0 Å². The molecular weight excluding hydrogens is 414 g/mol. The summed E-state index contributed by atoms with van der Waals surface area (Å²) in [7, 11) is -3.39. The van der Waals surface area contributed by atoms with Crippen LogP contribution in [0.25, 0.3) is 0 Å². The van der Waals surface area contributed by atoms with Gasteiger partial charge in [-0.1, -0.05) is 28.8 Å². The normalized spacial score (nSPS) is 24.6. The molecule has 1 aliphatic carbocycles. The summed E-state index contributed by atoms with van der Waals surface area (Å²) < 4.78 is 28.9. The van der Waals surface area contributed by atoms with Crippen molar-refractivity contribution in [2.24, 2.45) is 5.92 Å². The van der Waals surface area contributed by atoms with Gasteiger partial charge in [0.25, 0.3) is 0 Å². The zero-order valence-corrected chi connectivity index (χ0v) is 15.5. The van der Waals surface area contributed by atoms with Crippen LogP contribution < -0.4 is 4.72 Å². The fourth-order valence-electron chi connectivity index (χ4n) is 2.37. The third-order valence-electron chi connectivity index (χ3n) is 3.51. The van der Waals surface area contributed by atoms with Gasteiger partial charge in [-0.15, -0.1) is 11.3 Å². The average molecular weight is 431 g/mol. The van der Waals surface area contributed by atoms with Gasteiger partial charge in [-0.25, -0.2) is 13.1 Å². The van der Waals surface area contributed by atoms with Crippen LogP contribution in [0.15, 0.2) is 14.1 Å². The molecule has 0 saturated heterocycles. The van der Waals surface area contributed by atoms with Crippen LogP contribution in [0.1, 0.15) is 31.2 Å². The van der Waals surface area contributed by atoms with Crippen LogP contribution >= 0.6 is 43.2 Å². The summed E-state index contributed by atoms with van der Waals surface area (Å²) in [5.74, 6) is 0.396. The van der Waals surface area contributed by atoms with E-state index in [0.29, 0.717) is 10.1 Å². The van der Waals surface area contributed by atoms with Gasteiger partial charge >= 0.3 is 0 Å². The Bertz CT molecular complexity index is 522. The quantitative estimate of drug-likeness (QED) is 0.732. The number of sulfonamides is 1. The molecule has 2 atom stereocenters. The smallest absolute Gasteiger partial charge is 0.207 e. The molecule has 1 saturated carbocycles. The number of nitrogens with one attached hydrogen (secondary N) is 1. The van der Waals surface area contributed by atoms with Crippen molar-refractivity contribution in [3.05, 3.63) is 15.4 Å². The van der Waals surface area contributed by atoms with Gasteiger partial charge in [0.15, 0.2) is 0 Å². The lowest BCUT2D eigenvalue weighted by Gasteiger charge is -2.30. The molecule has 0 aromatic carbocycles. The Labute approximate surface area is 135 Å². The summed E-state index contributed by atoms with van der Waals surface area (Å²) in [4.78, 5) is 0. The fraction of sp³-hybridized carbons (Fsp3) is 0.667. The third-order valence-corrected chi connectivity index (χ3v) is 8.45. The first kappa shape index (κ1) is 15.9. The number of rotatable bonds is 4. The average Bonchev–Trinajstić information content (AvgIpc) is 2.71. The maximum absolute atomic E-state index is 12.4. The number of halogens is 2. The Kier molecular flexibility index (Phi) is 5.50. The molecule has 7 heteroatoms. The molecule has 1 aromatic heterocycles. The largest absolute Gasteiger partial charge is 0.250 e. The predicted octanol–water partition coefficient (Wildman–Crippen LogP) is 4.05. The van der Waals surface area contributed by atoms with Gasteiger partial charge in [-0.05, 0) is 53.2 Å². The number of hydrogen-bond acceptors (Lipinski definition) is 3. The lowest BCUT2D eigenvalue weighted by Crippen LogP contribution is -2.42. The Morgan fingerprint density at radius 1 is 1.42 bits per heavy atom. The Balaban J connectivity index is 2.16. The molecule has 1 aromatic rings. The van der Waals surface area contributed by atoms with E-state index in [1.54, 1.807) is 6.07 Å². The van der Waals surface area contributed by atoms with Crippen LogP contribution in [-0.2, 0) is 10.0 Å². The second-order valence-electron chi connectivity index (χ2n) is 4.95. The molecule has 0 aliphatic heterocycles. The molecular formula is C12H17Br2NO2S2. The molecule has 0 spiro atoms. The van der Waals surface area contributed by atoms with E-state index >= 15 is 0 Å². The highest BCUT2D eigenvalue weighted by atomic mass is 79.9. The highest BCUT2D eigenvalue weighted by Crippen LogP contribution is 2.32. The third kappa shape index (κ3) is 3.81. The van der Waals surface area contributed by atoms with Crippen molar-refractivity contribution in [1.82, 2.24) is 4.72 Å². The number of hydrogen-bond donors (Lipinski definition) is 1. The van der Waals surface area contributed by atoms with Gasteiger partial charge in [-0.2, -0.15) is 0 Å². The highest BCUT2D eigenvalue weighted by Gasteiger charge is 2.29. The van der Waals surface area contributed by atoms with Crippen molar-refractivity contribution in [2.75, 3.05) is 5.33 Å². The Morgan fingerprint density at radius 2 is 2.11 bits per heavy atom. The topological polar surface area (TPSA) is 46.2 Å².